The fraction of sp³-hybridized carbons (Fsp3) is 0.286. The van der Waals surface area contributed by atoms with Gasteiger partial charge in [-0.1, -0.05) is 12.1 Å². The van der Waals surface area contributed by atoms with E-state index in [4.69, 9.17) is 10.00 Å². The fourth-order valence-corrected chi connectivity index (χ4v) is 2.57. The van der Waals surface area contributed by atoms with Gasteiger partial charge in [-0.05, 0) is 48.4 Å². The zero-order valence-electron chi connectivity index (χ0n) is 15.6. The van der Waals surface area contributed by atoms with Gasteiger partial charge in [0.05, 0.1) is 18.7 Å². The van der Waals surface area contributed by atoms with Gasteiger partial charge in [-0.3, -0.25) is 9.59 Å². The highest BCUT2D eigenvalue weighted by Crippen LogP contribution is 2.12. The van der Waals surface area contributed by atoms with Gasteiger partial charge < -0.3 is 15.0 Å². The second-order valence-corrected chi connectivity index (χ2v) is 6.09. The molecule has 0 heterocycles. The third-order valence-corrected chi connectivity index (χ3v) is 4.18. The molecule has 0 saturated carbocycles. The van der Waals surface area contributed by atoms with Crippen LogP contribution in [0.25, 0.3) is 0 Å². The number of hydrogen-bond donors (Lipinski definition) is 1. The number of rotatable bonds is 8. The molecule has 0 radical (unpaired) electrons. The zero-order valence-corrected chi connectivity index (χ0v) is 15.6. The predicted octanol–water partition coefficient (Wildman–Crippen LogP) is 2.99. The van der Waals surface area contributed by atoms with E-state index in [-0.39, 0.29) is 18.2 Å². The van der Waals surface area contributed by atoms with Gasteiger partial charge in [0, 0.05) is 32.1 Å². The highest BCUT2D eigenvalue weighted by molar-refractivity contribution is 5.91. The number of anilines is 1. The van der Waals surface area contributed by atoms with E-state index in [9.17, 15) is 9.59 Å². The Labute approximate surface area is 159 Å². The maximum absolute atomic E-state index is 12.1. The van der Waals surface area contributed by atoms with E-state index in [1.54, 1.807) is 36.3 Å². The van der Waals surface area contributed by atoms with Crippen molar-refractivity contribution in [2.24, 2.45) is 0 Å². The molecule has 0 saturated heterocycles. The maximum Gasteiger partial charge on any atom is 0.226 e. The van der Waals surface area contributed by atoms with Crippen molar-refractivity contribution in [3.63, 3.8) is 0 Å². The molecule has 2 aromatic carbocycles. The molecule has 0 aliphatic rings. The number of hydrogen-bond acceptors (Lipinski definition) is 4. The standard InChI is InChI=1S/C21H23N3O3/c1-16(25)24(13-11-17-5-9-20(27-2)10-6-17)14-12-21(26)23-19-7-3-18(15-22)4-8-19/h3-10H,11-14H2,1-2H3,(H,23,26). The topological polar surface area (TPSA) is 82.4 Å². The van der Waals surface area contributed by atoms with Gasteiger partial charge in [-0.15, -0.1) is 0 Å². The molecular formula is C21H23N3O3. The molecule has 0 aliphatic carbocycles. The maximum atomic E-state index is 12.1. The van der Waals surface area contributed by atoms with Crippen LogP contribution in [0.2, 0.25) is 0 Å². The number of nitrogens with one attached hydrogen (secondary N) is 1. The summed E-state index contributed by atoms with van der Waals surface area (Å²) in [6, 6.07) is 16.4. The lowest BCUT2D eigenvalue weighted by molar-refractivity contribution is -0.129. The molecule has 0 unspecified atom stereocenters. The van der Waals surface area contributed by atoms with Crippen molar-refractivity contribution < 1.29 is 14.3 Å². The minimum atomic E-state index is -0.171. The van der Waals surface area contributed by atoms with Crippen LogP contribution in [0.15, 0.2) is 48.5 Å². The Bertz CT molecular complexity index is 808. The lowest BCUT2D eigenvalue weighted by atomic mass is 10.1. The van der Waals surface area contributed by atoms with Crippen molar-refractivity contribution >= 4 is 17.5 Å². The summed E-state index contributed by atoms with van der Waals surface area (Å²) in [5.74, 6) is 0.562. The molecule has 0 aromatic heterocycles. The van der Waals surface area contributed by atoms with Gasteiger partial charge in [-0.2, -0.15) is 5.26 Å². The first-order valence-electron chi connectivity index (χ1n) is 8.70. The average molecular weight is 365 g/mol. The fourth-order valence-electron chi connectivity index (χ4n) is 2.57. The van der Waals surface area contributed by atoms with Gasteiger partial charge in [-0.25, -0.2) is 0 Å². The van der Waals surface area contributed by atoms with Gasteiger partial charge in [0.1, 0.15) is 5.75 Å². The zero-order chi connectivity index (χ0) is 19.6. The van der Waals surface area contributed by atoms with E-state index in [2.05, 4.69) is 5.32 Å². The number of ether oxygens (including phenoxy) is 1. The molecule has 2 rings (SSSR count). The Morgan fingerprint density at radius 3 is 2.30 bits per heavy atom. The van der Waals surface area contributed by atoms with Crippen LogP contribution in [0.3, 0.4) is 0 Å². The van der Waals surface area contributed by atoms with Crippen LogP contribution < -0.4 is 10.1 Å². The highest BCUT2D eigenvalue weighted by Gasteiger charge is 2.11. The van der Waals surface area contributed by atoms with Crippen molar-refractivity contribution in [2.45, 2.75) is 19.8 Å². The summed E-state index contributed by atoms with van der Waals surface area (Å²) in [7, 11) is 1.62. The first-order chi connectivity index (χ1) is 13.0. The van der Waals surface area contributed by atoms with E-state index in [1.807, 2.05) is 30.3 Å². The molecular weight excluding hydrogens is 342 g/mol. The third kappa shape index (κ3) is 6.48. The Kier molecular flexibility index (Phi) is 7.38. The second kappa shape index (κ2) is 9.97. The largest absolute Gasteiger partial charge is 0.497 e. The van der Waals surface area contributed by atoms with Crippen molar-refractivity contribution in [1.82, 2.24) is 4.90 Å². The molecule has 27 heavy (non-hydrogen) atoms. The molecule has 6 nitrogen and oxygen atoms in total. The third-order valence-electron chi connectivity index (χ3n) is 4.18. The van der Waals surface area contributed by atoms with Crippen molar-refractivity contribution in [2.75, 3.05) is 25.5 Å². The quantitative estimate of drug-likeness (QED) is 0.780. The van der Waals surface area contributed by atoms with E-state index in [1.165, 1.54) is 6.92 Å². The number of amides is 2. The van der Waals surface area contributed by atoms with Crippen LogP contribution >= 0.6 is 0 Å². The Morgan fingerprint density at radius 1 is 1.07 bits per heavy atom. The first-order valence-corrected chi connectivity index (χ1v) is 8.70. The Balaban J connectivity index is 1.82. The molecule has 140 valence electrons. The molecule has 0 fully saturated rings. The summed E-state index contributed by atoms with van der Waals surface area (Å²) in [6.45, 7) is 2.41. The number of nitrogens with zero attached hydrogens (tertiary/aromatic N) is 2. The van der Waals surface area contributed by atoms with Crippen LogP contribution in [-0.2, 0) is 16.0 Å². The lowest BCUT2D eigenvalue weighted by Crippen LogP contribution is -2.33. The minimum absolute atomic E-state index is 0.0605. The van der Waals surface area contributed by atoms with Gasteiger partial charge >= 0.3 is 0 Å². The average Bonchev–Trinajstić information content (AvgIpc) is 2.68. The van der Waals surface area contributed by atoms with Gasteiger partial charge in [0.15, 0.2) is 0 Å². The van der Waals surface area contributed by atoms with E-state index >= 15 is 0 Å². The monoisotopic (exact) mass is 365 g/mol. The number of nitriles is 1. The van der Waals surface area contributed by atoms with Crippen LogP contribution in [-0.4, -0.2) is 36.9 Å². The van der Waals surface area contributed by atoms with Gasteiger partial charge in [0.2, 0.25) is 11.8 Å². The SMILES string of the molecule is COc1ccc(CCN(CCC(=O)Nc2ccc(C#N)cc2)C(C)=O)cc1. The highest BCUT2D eigenvalue weighted by atomic mass is 16.5. The molecule has 0 spiro atoms. The molecule has 2 aromatic rings. The first kappa shape index (κ1) is 20.0. The summed E-state index contributed by atoms with van der Waals surface area (Å²) in [5, 5.41) is 11.6. The second-order valence-electron chi connectivity index (χ2n) is 6.09. The predicted molar refractivity (Wildman–Crippen MR) is 103 cm³/mol. The molecule has 2 amide bonds. The normalized spacial score (nSPS) is 9.96. The van der Waals surface area contributed by atoms with Crippen molar-refractivity contribution in [3.8, 4) is 11.8 Å². The number of methoxy groups -OCH3 is 1. The molecule has 0 bridgehead atoms. The summed E-state index contributed by atoms with van der Waals surface area (Å²) in [5.41, 5.74) is 2.27. The van der Waals surface area contributed by atoms with Crippen LogP contribution in [0, 0.1) is 11.3 Å². The summed E-state index contributed by atoms with van der Waals surface area (Å²) in [6.07, 6.45) is 0.920. The van der Waals surface area contributed by atoms with Crippen molar-refractivity contribution in [3.05, 3.63) is 59.7 Å². The molecule has 0 atom stereocenters. The van der Waals surface area contributed by atoms with Crippen LogP contribution in [0.1, 0.15) is 24.5 Å². The molecule has 1 N–H and O–H groups in total. The lowest BCUT2D eigenvalue weighted by Gasteiger charge is -2.21. The summed E-state index contributed by atoms with van der Waals surface area (Å²) in [4.78, 5) is 25.6. The van der Waals surface area contributed by atoms with Crippen LogP contribution in [0.5, 0.6) is 5.75 Å². The summed E-state index contributed by atoms with van der Waals surface area (Å²) < 4.78 is 5.13. The Morgan fingerprint density at radius 2 is 1.74 bits per heavy atom. The van der Waals surface area contributed by atoms with E-state index < -0.39 is 0 Å². The molecule has 6 heteroatoms. The number of carbonyl (C=O) groups is 2. The van der Waals surface area contributed by atoms with Crippen LogP contribution in [0.4, 0.5) is 5.69 Å². The summed E-state index contributed by atoms with van der Waals surface area (Å²) >= 11 is 0. The number of benzene rings is 2. The van der Waals surface area contributed by atoms with Gasteiger partial charge in [0.25, 0.3) is 0 Å². The van der Waals surface area contributed by atoms with Crippen molar-refractivity contribution in [1.29, 1.82) is 5.26 Å². The smallest absolute Gasteiger partial charge is 0.226 e. The number of carbonyl (C=O) groups excluding carboxylic acids is 2. The Hall–Kier alpha value is -3.33. The van der Waals surface area contributed by atoms with E-state index in [0.717, 1.165) is 11.3 Å². The molecule has 0 aliphatic heterocycles. The van der Waals surface area contributed by atoms with E-state index in [0.29, 0.717) is 30.8 Å². The minimum Gasteiger partial charge on any atom is -0.497 e.